The van der Waals surface area contributed by atoms with Gasteiger partial charge in [0.15, 0.2) is 5.13 Å². The first-order chi connectivity index (χ1) is 18.4. The molecule has 1 fully saturated rings. The summed E-state index contributed by atoms with van der Waals surface area (Å²) in [5.74, 6) is -0.270. The first kappa shape index (κ1) is 25.9. The van der Waals surface area contributed by atoms with E-state index in [1.54, 1.807) is 31.4 Å². The summed E-state index contributed by atoms with van der Waals surface area (Å²) in [6, 6.07) is 13.6. The van der Waals surface area contributed by atoms with E-state index in [-0.39, 0.29) is 11.3 Å². The first-order valence-electron chi connectivity index (χ1n) is 12.5. The van der Waals surface area contributed by atoms with Gasteiger partial charge in [0.05, 0.1) is 29.5 Å². The topological polar surface area (TPSA) is 89.0 Å². The van der Waals surface area contributed by atoms with Crippen molar-refractivity contribution < 1.29 is 24.2 Å². The van der Waals surface area contributed by atoms with E-state index in [9.17, 15) is 14.7 Å². The maximum Gasteiger partial charge on any atom is 0.301 e. The molecule has 0 bridgehead atoms. The van der Waals surface area contributed by atoms with E-state index in [1.165, 1.54) is 27.6 Å². The third kappa shape index (κ3) is 4.79. The number of ketones is 1. The highest BCUT2D eigenvalue weighted by atomic mass is 32.1. The van der Waals surface area contributed by atoms with E-state index >= 15 is 0 Å². The molecule has 2 aromatic heterocycles. The molecule has 0 aliphatic carbocycles. The van der Waals surface area contributed by atoms with Crippen LogP contribution in [-0.2, 0) is 9.59 Å². The molecular formula is C29H28N2O5S2. The fraction of sp³-hybridized carbons (Fsp3) is 0.276. The van der Waals surface area contributed by atoms with E-state index in [0.717, 1.165) is 40.2 Å². The smallest absolute Gasteiger partial charge is 0.301 e. The molecule has 1 aliphatic rings. The minimum absolute atomic E-state index is 0.0436. The molecule has 7 nitrogen and oxygen atoms in total. The van der Waals surface area contributed by atoms with Crippen LogP contribution >= 0.6 is 22.7 Å². The van der Waals surface area contributed by atoms with Crippen LogP contribution in [0.1, 0.15) is 48.2 Å². The van der Waals surface area contributed by atoms with Gasteiger partial charge in [-0.05, 0) is 66.8 Å². The molecule has 0 radical (unpaired) electrons. The van der Waals surface area contributed by atoms with Gasteiger partial charge in [-0.15, -0.1) is 11.3 Å². The fourth-order valence-electron chi connectivity index (χ4n) is 4.52. The van der Waals surface area contributed by atoms with Crippen LogP contribution in [0.15, 0.2) is 59.5 Å². The normalized spacial score (nSPS) is 16.9. The lowest BCUT2D eigenvalue weighted by Gasteiger charge is -2.21. The van der Waals surface area contributed by atoms with Crippen molar-refractivity contribution in [3.63, 3.8) is 0 Å². The number of nitrogens with zero attached hydrogens (tertiary/aromatic N) is 2. The number of carbonyl (C=O) groups is 2. The second-order valence-electron chi connectivity index (χ2n) is 9.05. The third-order valence-corrected chi connectivity index (χ3v) is 8.44. The zero-order chi connectivity index (χ0) is 26.8. The molecule has 9 heteroatoms. The maximum atomic E-state index is 13.4. The number of hydrogen-bond acceptors (Lipinski definition) is 8. The number of rotatable bonds is 9. The Bertz CT molecular complexity index is 1510. The lowest BCUT2D eigenvalue weighted by Crippen LogP contribution is -2.28. The fourth-order valence-corrected chi connectivity index (χ4v) is 6.35. The molecule has 1 saturated heterocycles. The molecule has 38 heavy (non-hydrogen) atoms. The van der Waals surface area contributed by atoms with Crippen LogP contribution in [-0.4, -0.2) is 35.5 Å². The molecular weight excluding hydrogens is 520 g/mol. The number of fused-ring (bicyclic) bond motifs is 1. The van der Waals surface area contributed by atoms with Gasteiger partial charge in [-0.25, -0.2) is 4.98 Å². The highest BCUT2D eigenvalue weighted by Gasteiger charge is 2.48. The summed E-state index contributed by atoms with van der Waals surface area (Å²) in [5, 5.41) is 13.6. The standard InChI is InChI=1S/C29H28N2O5S2/c1-4-5-6-13-36-19-11-9-18(10-12-19)26(32)24-25(22-8-7-14-37-22)31(28(34)27(24)33)29-30-20-15-17(2)21(35-3)16-23(20)38-29/h7-12,14-16,25,32H,4-6,13H2,1-3H3/b26-24+. The van der Waals surface area contributed by atoms with Crippen LogP contribution in [0.25, 0.3) is 16.0 Å². The van der Waals surface area contributed by atoms with Crippen molar-refractivity contribution in [2.24, 2.45) is 0 Å². The number of hydrogen-bond donors (Lipinski definition) is 1. The Morgan fingerprint density at radius 1 is 1.13 bits per heavy atom. The van der Waals surface area contributed by atoms with Crippen LogP contribution in [0.5, 0.6) is 11.5 Å². The monoisotopic (exact) mass is 548 g/mol. The average Bonchev–Trinajstić information content (AvgIpc) is 3.65. The molecule has 1 atom stereocenters. The quantitative estimate of drug-likeness (QED) is 0.106. The highest BCUT2D eigenvalue weighted by Crippen LogP contribution is 2.46. The highest BCUT2D eigenvalue weighted by molar-refractivity contribution is 7.22. The second kappa shape index (κ2) is 11.0. The van der Waals surface area contributed by atoms with Crippen molar-refractivity contribution >= 4 is 55.5 Å². The molecule has 1 amide bonds. The van der Waals surface area contributed by atoms with Crippen molar-refractivity contribution in [3.8, 4) is 11.5 Å². The van der Waals surface area contributed by atoms with Crippen molar-refractivity contribution in [2.75, 3.05) is 18.6 Å². The molecule has 1 aliphatic heterocycles. The third-order valence-electron chi connectivity index (χ3n) is 6.50. The largest absolute Gasteiger partial charge is 0.507 e. The molecule has 0 saturated carbocycles. The number of aliphatic hydroxyl groups is 1. The number of aryl methyl sites for hydroxylation is 1. The van der Waals surface area contributed by atoms with E-state index in [1.807, 2.05) is 36.6 Å². The van der Waals surface area contributed by atoms with Crippen LogP contribution in [0, 0.1) is 6.92 Å². The Labute approximate surface area is 229 Å². The van der Waals surface area contributed by atoms with Gasteiger partial charge in [-0.3, -0.25) is 14.5 Å². The Morgan fingerprint density at radius 2 is 1.92 bits per heavy atom. The second-order valence-corrected chi connectivity index (χ2v) is 11.0. The predicted molar refractivity (Wildman–Crippen MR) is 151 cm³/mol. The van der Waals surface area contributed by atoms with Crippen molar-refractivity contribution in [1.82, 2.24) is 4.98 Å². The molecule has 1 N–H and O–H groups in total. The van der Waals surface area contributed by atoms with Gasteiger partial charge in [0, 0.05) is 10.4 Å². The minimum Gasteiger partial charge on any atom is -0.507 e. The number of thiazole rings is 1. The van der Waals surface area contributed by atoms with E-state index in [2.05, 4.69) is 6.92 Å². The van der Waals surface area contributed by atoms with Gasteiger partial charge in [0.25, 0.3) is 5.78 Å². The van der Waals surface area contributed by atoms with E-state index < -0.39 is 17.7 Å². The van der Waals surface area contributed by atoms with Gasteiger partial charge in [0.2, 0.25) is 0 Å². The Hall–Kier alpha value is -3.69. The molecule has 196 valence electrons. The number of methoxy groups -OCH3 is 1. The summed E-state index contributed by atoms with van der Waals surface area (Å²) in [6.07, 6.45) is 3.19. The zero-order valence-corrected chi connectivity index (χ0v) is 23.0. The average molecular weight is 549 g/mol. The molecule has 0 spiro atoms. The first-order valence-corrected chi connectivity index (χ1v) is 14.1. The molecule has 3 heterocycles. The lowest BCUT2D eigenvalue weighted by atomic mass is 10.00. The van der Waals surface area contributed by atoms with Crippen LogP contribution in [0.2, 0.25) is 0 Å². The van der Waals surface area contributed by atoms with Gasteiger partial charge in [-0.1, -0.05) is 37.2 Å². The maximum absolute atomic E-state index is 13.4. The number of aromatic nitrogens is 1. The zero-order valence-electron chi connectivity index (χ0n) is 21.4. The van der Waals surface area contributed by atoms with Crippen LogP contribution in [0.3, 0.4) is 0 Å². The van der Waals surface area contributed by atoms with Gasteiger partial charge in [0.1, 0.15) is 23.3 Å². The van der Waals surface area contributed by atoms with Gasteiger partial charge in [-0.2, -0.15) is 0 Å². The van der Waals surface area contributed by atoms with Gasteiger partial charge >= 0.3 is 5.91 Å². The minimum atomic E-state index is -0.788. The number of benzene rings is 2. The Balaban J connectivity index is 1.54. The van der Waals surface area contributed by atoms with Crippen molar-refractivity contribution in [2.45, 2.75) is 39.2 Å². The lowest BCUT2D eigenvalue weighted by molar-refractivity contribution is -0.132. The summed E-state index contributed by atoms with van der Waals surface area (Å²) in [4.78, 5) is 33.6. The number of anilines is 1. The number of aliphatic hydroxyl groups excluding tert-OH is 1. The van der Waals surface area contributed by atoms with Crippen LogP contribution in [0.4, 0.5) is 5.13 Å². The summed E-state index contributed by atoms with van der Waals surface area (Å²) >= 11 is 2.72. The number of Topliss-reactive ketones (excluding diaryl/α,β-unsaturated/α-hetero) is 1. The van der Waals surface area contributed by atoms with Crippen molar-refractivity contribution in [3.05, 3.63) is 75.5 Å². The summed E-state index contributed by atoms with van der Waals surface area (Å²) < 4.78 is 12.1. The molecule has 5 rings (SSSR count). The van der Waals surface area contributed by atoms with Gasteiger partial charge < -0.3 is 14.6 Å². The molecule has 2 aromatic carbocycles. The number of thiophene rings is 1. The summed E-state index contributed by atoms with van der Waals surface area (Å²) in [5.41, 5.74) is 2.12. The summed E-state index contributed by atoms with van der Waals surface area (Å²) in [6.45, 7) is 4.69. The molecule has 4 aromatic rings. The predicted octanol–water partition coefficient (Wildman–Crippen LogP) is 6.87. The number of ether oxygens (including phenoxy) is 2. The number of unbranched alkanes of at least 4 members (excludes halogenated alkanes) is 2. The number of carbonyl (C=O) groups excluding carboxylic acids is 2. The number of amides is 1. The summed E-state index contributed by atoms with van der Waals surface area (Å²) in [7, 11) is 1.61. The van der Waals surface area contributed by atoms with E-state index in [4.69, 9.17) is 14.5 Å². The Kier molecular flexibility index (Phi) is 7.49. The SMILES string of the molecule is CCCCCOc1ccc(/C(O)=C2\C(=O)C(=O)N(c3nc4cc(C)c(OC)cc4s3)C2c2cccs2)cc1. The Morgan fingerprint density at radius 3 is 2.61 bits per heavy atom. The van der Waals surface area contributed by atoms with Crippen LogP contribution < -0.4 is 14.4 Å². The molecule has 1 unspecified atom stereocenters. The van der Waals surface area contributed by atoms with E-state index in [0.29, 0.717) is 28.6 Å². The van der Waals surface area contributed by atoms with Crippen molar-refractivity contribution in [1.29, 1.82) is 0 Å².